The van der Waals surface area contributed by atoms with Crippen molar-refractivity contribution in [1.29, 1.82) is 0 Å². The van der Waals surface area contributed by atoms with Gasteiger partial charge in [-0.05, 0) is 79.5 Å². The highest BCUT2D eigenvalue weighted by Gasteiger charge is 2.68. The number of nitrogens with zero attached hydrogens (tertiary/aromatic N) is 1. The van der Waals surface area contributed by atoms with Gasteiger partial charge in [0.2, 0.25) is 0 Å². The van der Waals surface area contributed by atoms with Gasteiger partial charge in [-0.2, -0.15) is 0 Å². The second kappa shape index (κ2) is 11.4. The number of aromatic amines is 1. The number of benzene rings is 2. The van der Waals surface area contributed by atoms with E-state index in [0.717, 1.165) is 36.2 Å². The lowest BCUT2D eigenvalue weighted by Gasteiger charge is -2.35. The Balaban J connectivity index is 0.000000143. The number of hydrogen-bond donors (Lipinski definition) is 3. The maximum atomic E-state index is 12.4. The second-order valence-electron chi connectivity index (χ2n) is 14.3. The Morgan fingerprint density at radius 3 is 2.02 bits per heavy atom. The Hall–Kier alpha value is -3.65. The highest BCUT2D eigenvalue weighted by molar-refractivity contribution is 6.05. The summed E-state index contributed by atoms with van der Waals surface area (Å²) in [6, 6.07) is 19.7. The van der Waals surface area contributed by atoms with Gasteiger partial charge in [0, 0.05) is 22.1 Å². The van der Waals surface area contributed by atoms with Crippen LogP contribution in [0.4, 0.5) is 5.69 Å². The number of nitrogens with two attached hydrogens (primary N) is 1. The number of rotatable bonds is 4. The van der Waals surface area contributed by atoms with Crippen LogP contribution in [0.25, 0.3) is 5.69 Å². The van der Waals surface area contributed by atoms with Crippen molar-refractivity contribution in [2.45, 2.75) is 85.5 Å². The predicted molar refractivity (Wildman–Crippen MR) is 173 cm³/mol. The van der Waals surface area contributed by atoms with Gasteiger partial charge in [-0.15, -0.1) is 0 Å². The lowest BCUT2D eigenvalue weighted by atomic mass is 9.70. The largest absolute Gasteiger partial charge is 0.465 e. The highest BCUT2D eigenvalue weighted by atomic mass is 16.5. The number of ether oxygens (including phenoxy) is 1. The topological polar surface area (TPSA) is 119 Å². The quantitative estimate of drug-likeness (QED) is 0.136. The van der Waals surface area contributed by atoms with Gasteiger partial charge in [0.1, 0.15) is 5.92 Å². The molecule has 3 aromatic rings. The molecular formula is C36H48N4O4. The molecule has 0 aliphatic heterocycles. The predicted octanol–water partition coefficient (Wildman–Crippen LogP) is 6.50. The first-order valence-corrected chi connectivity index (χ1v) is 15.9. The van der Waals surface area contributed by atoms with Gasteiger partial charge < -0.3 is 10.2 Å². The smallest absolute Gasteiger partial charge is 0.316 e. The number of carbonyl (C=O) groups is 2. The van der Waals surface area contributed by atoms with E-state index in [9.17, 15) is 14.4 Å². The van der Waals surface area contributed by atoms with Crippen LogP contribution < -0.4 is 16.8 Å². The molecule has 5 atom stereocenters. The summed E-state index contributed by atoms with van der Waals surface area (Å²) in [6.45, 7) is 15.3. The maximum Gasteiger partial charge on any atom is 0.316 e. The molecule has 7 rings (SSSR count). The van der Waals surface area contributed by atoms with Crippen molar-refractivity contribution in [2.75, 3.05) is 12.0 Å². The SMILES string of the molecule is CC1(C)[C@@H]2CC[C@@]1(C)c1c2c(=O)[nH]n1-c1ccccc1.CCOC(=O)C1C(=O)[C@]2(C)CC[C@H]1C2(C)C.NNc1ccccc1. The number of fused-ring (bicyclic) bond motifs is 7. The highest BCUT2D eigenvalue weighted by Crippen LogP contribution is 2.67. The molecular weight excluding hydrogens is 552 g/mol. The summed E-state index contributed by atoms with van der Waals surface area (Å²) in [5.74, 6) is 4.96. The molecule has 0 saturated heterocycles. The number of Topliss-reactive ketones (excluding diaryl/α,β-unsaturated/α-hetero) is 1. The molecule has 4 N–H and O–H groups in total. The molecule has 3 fully saturated rings. The van der Waals surface area contributed by atoms with Gasteiger partial charge in [-0.25, -0.2) is 0 Å². The molecule has 2 aromatic carbocycles. The molecule has 0 amide bonds. The van der Waals surface area contributed by atoms with Crippen molar-refractivity contribution in [2.24, 2.45) is 33.9 Å². The molecule has 3 saturated carbocycles. The molecule has 0 radical (unpaired) electrons. The number of anilines is 1. The Bertz CT molecular complexity index is 1570. The van der Waals surface area contributed by atoms with Crippen LogP contribution in [0.15, 0.2) is 65.5 Å². The summed E-state index contributed by atoms with van der Waals surface area (Å²) in [4.78, 5) is 36.6. The summed E-state index contributed by atoms with van der Waals surface area (Å²) in [5, 5.41) is 3.06. The summed E-state index contributed by atoms with van der Waals surface area (Å²) < 4.78 is 7.05. The van der Waals surface area contributed by atoms with E-state index >= 15 is 0 Å². The molecule has 4 aliphatic rings. The molecule has 44 heavy (non-hydrogen) atoms. The van der Waals surface area contributed by atoms with Gasteiger partial charge in [0.25, 0.3) is 5.56 Å². The van der Waals surface area contributed by atoms with Crippen molar-refractivity contribution in [1.82, 2.24) is 9.78 Å². The number of H-pyrrole nitrogens is 1. The van der Waals surface area contributed by atoms with Crippen molar-refractivity contribution < 1.29 is 14.3 Å². The summed E-state index contributed by atoms with van der Waals surface area (Å²) in [6.07, 6.45) is 4.19. The molecule has 8 nitrogen and oxygen atoms in total. The fraction of sp³-hybridized carbons (Fsp3) is 0.528. The zero-order valence-electron chi connectivity index (χ0n) is 27.2. The molecule has 8 heteroatoms. The monoisotopic (exact) mass is 600 g/mol. The van der Waals surface area contributed by atoms with Crippen LogP contribution in [0.3, 0.4) is 0 Å². The van der Waals surface area contributed by atoms with Crippen LogP contribution in [0, 0.1) is 28.1 Å². The number of carbonyl (C=O) groups excluding carboxylic acids is 2. The van der Waals surface area contributed by atoms with E-state index in [2.05, 4.69) is 57.3 Å². The first kappa shape index (κ1) is 31.8. The fourth-order valence-corrected chi connectivity index (χ4v) is 8.64. The molecule has 1 aromatic heterocycles. The lowest BCUT2D eigenvalue weighted by Crippen LogP contribution is -2.36. The normalized spacial score (nSPS) is 29.6. The molecule has 1 unspecified atom stereocenters. The number of ketones is 1. The second-order valence-corrected chi connectivity index (χ2v) is 14.3. The Kier molecular flexibility index (Phi) is 8.21. The summed E-state index contributed by atoms with van der Waals surface area (Å²) >= 11 is 0. The number of nitrogen functional groups attached to an aromatic ring is 1. The minimum Gasteiger partial charge on any atom is -0.465 e. The first-order chi connectivity index (χ1) is 20.8. The maximum absolute atomic E-state index is 12.4. The standard InChI is InChI=1S/C17H20N2O.C13H20O3.C6H8N2/c1-16(2)12-9-10-17(16,3)14-13(12)15(20)18-19(14)11-7-5-4-6-8-11;1-5-16-11(15)9-8-6-7-13(4,10(9)14)12(8,2)3;7-8-6-4-2-1-3-5-6/h4-8,12H,9-10H2,1-3H3,(H,18,20);8-9H,5-7H2,1-4H3;1-5,8H,7H2/t12-,17+;8-,9?,13+;/m11./s1. The van der Waals surface area contributed by atoms with E-state index in [1.165, 1.54) is 12.1 Å². The average Bonchev–Trinajstić information content (AvgIpc) is 3.65. The van der Waals surface area contributed by atoms with Gasteiger partial charge in [-0.1, -0.05) is 77.9 Å². The molecule has 4 aliphatic carbocycles. The molecule has 4 bridgehead atoms. The first-order valence-electron chi connectivity index (χ1n) is 15.9. The number of aromatic nitrogens is 2. The third-order valence-electron chi connectivity index (χ3n) is 12.1. The third-order valence-corrected chi connectivity index (χ3v) is 12.1. The van der Waals surface area contributed by atoms with Crippen LogP contribution in [0.1, 0.15) is 91.3 Å². The van der Waals surface area contributed by atoms with E-state index in [-0.39, 0.29) is 44.9 Å². The number of hydrogen-bond acceptors (Lipinski definition) is 6. The van der Waals surface area contributed by atoms with Crippen molar-refractivity contribution >= 4 is 17.4 Å². The van der Waals surface area contributed by atoms with Crippen molar-refractivity contribution in [3.63, 3.8) is 0 Å². The van der Waals surface area contributed by atoms with Gasteiger partial charge in [0.15, 0.2) is 5.78 Å². The third kappa shape index (κ3) is 4.64. The number of para-hydroxylation sites is 2. The Labute approximate surface area is 260 Å². The van der Waals surface area contributed by atoms with Gasteiger partial charge in [0.05, 0.1) is 18.0 Å². The number of hydrazine groups is 1. The fourth-order valence-electron chi connectivity index (χ4n) is 8.64. The van der Waals surface area contributed by atoms with E-state index in [1.54, 1.807) is 6.92 Å². The summed E-state index contributed by atoms with van der Waals surface area (Å²) in [5.41, 5.74) is 6.73. The lowest BCUT2D eigenvalue weighted by molar-refractivity contribution is -0.154. The van der Waals surface area contributed by atoms with E-state index in [0.29, 0.717) is 12.5 Å². The van der Waals surface area contributed by atoms with Crippen LogP contribution in [0.5, 0.6) is 0 Å². The van der Waals surface area contributed by atoms with Crippen LogP contribution in [-0.4, -0.2) is 28.1 Å². The zero-order chi connectivity index (χ0) is 32.1. The van der Waals surface area contributed by atoms with Crippen LogP contribution in [-0.2, 0) is 19.7 Å². The van der Waals surface area contributed by atoms with E-state index < -0.39 is 5.92 Å². The number of nitrogens with one attached hydrogen (secondary N) is 2. The van der Waals surface area contributed by atoms with Gasteiger partial charge >= 0.3 is 5.97 Å². The van der Waals surface area contributed by atoms with Crippen LogP contribution in [0.2, 0.25) is 0 Å². The number of esters is 1. The van der Waals surface area contributed by atoms with E-state index in [4.69, 9.17) is 10.6 Å². The van der Waals surface area contributed by atoms with Crippen molar-refractivity contribution in [3.05, 3.63) is 82.3 Å². The Morgan fingerprint density at radius 2 is 1.50 bits per heavy atom. The molecule has 236 valence electrons. The average molecular weight is 601 g/mol. The van der Waals surface area contributed by atoms with Crippen LogP contribution >= 0.6 is 0 Å². The minimum absolute atomic E-state index is 0.0679. The molecule has 1 heterocycles. The van der Waals surface area contributed by atoms with Crippen molar-refractivity contribution in [3.8, 4) is 5.69 Å². The minimum atomic E-state index is -0.506. The van der Waals surface area contributed by atoms with E-state index in [1.807, 2.05) is 60.1 Å². The summed E-state index contributed by atoms with van der Waals surface area (Å²) in [7, 11) is 0. The van der Waals surface area contributed by atoms with Gasteiger partial charge in [-0.3, -0.25) is 30.0 Å². The molecule has 0 spiro atoms. The zero-order valence-corrected chi connectivity index (χ0v) is 27.2. The Morgan fingerprint density at radius 1 is 0.909 bits per heavy atom.